The number of carbonyl (C=O) groups excluding carboxylic acids is 2. The first kappa shape index (κ1) is 21.1. The molecule has 3 aromatic rings. The van der Waals surface area contributed by atoms with Gasteiger partial charge in [0.2, 0.25) is 5.76 Å². The number of esters is 1. The van der Waals surface area contributed by atoms with Crippen LogP contribution in [0.2, 0.25) is 0 Å². The van der Waals surface area contributed by atoms with Crippen LogP contribution >= 0.6 is 0 Å². The molecule has 156 valence electrons. The number of methoxy groups -OCH3 is 1. The van der Waals surface area contributed by atoms with E-state index < -0.39 is 11.4 Å². The van der Waals surface area contributed by atoms with Crippen LogP contribution in [-0.2, 0) is 4.74 Å². The highest BCUT2D eigenvalue weighted by atomic mass is 16.5. The Morgan fingerprint density at radius 1 is 1.07 bits per heavy atom. The Morgan fingerprint density at radius 2 is 1.83 bits per heavy atom. The molecule has 0 spiro atoms. The average molecular weight is 409 g/mol. The fourth-order valence-electron chi connectivity index (χ4n) is 2.92. The van der Waals surface area contributed by atoms with Crippen LogP contribution in [0.15, 0.2) is 57.7 Å². The molecular weight excluding hydrogens is 386 g/mol. The van der Waals surface area contributed by atoms with Gasteiger partial charge in [0.15, 0.2) is 11.0 Å². The highest BCUT2D eigenvalue weighted by Crippen LogP contribution is 2.23. The van der Waals surface area contributed by atoms with Crippen molar-refractivity contribution in [3.05, 3.63) is 70.1 Å². The van der Waals surface area contributed by atoms with E-state index in [4.69, 9.17) is 9.15 Å². The van der Waals surface area contributed by atoms with Crippen LogP contribution in [0.1, 0.15) is 47.1 Å². The number of carbonyl (C=O) groups is 2. The Morgan fingerprint density at radius 3 is 2.53 bits per heavy atom. The van der Waals surface area contributed by atoms with Crippen LogP contribution < -0.4 is 15.5 Å². The molecule has 1 N–H and O–H groups in total. The average Bonchev–Trinajstić information content (AvgIpc) is 2.77. The number of benzene rings is 2. The molecule has 30 heavy (non-hydrogen) atoms. The number of amides is 1. The van der Waals surface area contributed by atoms with E-state index in [2.05, 4.69) is 17.0 Å². The molecule has 0 aliphatic heterocycles. The number of nitrogens with one attached hydrogen (secondary N) is 1. The quantitative estimate of drug-likeness (QED) is 0.438. The molecule has 0 aliphatic carbocycles. The van der Waals surface area contributed by atoms with E-state index in [0.717, 1.165) is 25.3 Å². The molecule has 7 heteroatoms. The van der Waals surface area contributed by atoms with Crippen molar-refractivity contribution < 1.29 is 23.5 Å². The summed E-state index contributed by atoms with van der Waals surface area (Å²) in [6, 6.07) is 12.6. The monoisotopic (exact) mass is 409 g/mol. The topological polar surface area (TPSA) is 94.8 Å². The minimum Gasteiger partial charge on any atom is -0.494 e. The van der Waals surface area contributed by atoms with Gasteiger partial charge in [-0.25, -0.2) is 4.79 Å². The van der Waals surface area contributed by atoms with Gasteiger partial charge in [0.05, 0.1) is 24.8 Å². The van der Waals surface area contributed by atoms with E-state index in [9.17, 15) is 14.4 Å². The van der Waals surface area contributed by atoms with Crippen LogP contribution in [0, 0.1) is 0 Å². The van der Waals surface area contributed by atoms with Crippen LogP contribution in [0.5, 0.6) is 5.75 Å². The third-order valence-corrected chi connectivity index (χ3v) is 4.52. The maximum atomic E-state index is 12.7. The van der Waals surface area contributed by atoms with Gasteiger partial charge < -0.3 is 19.2 Å². The molecule has 0 bridgehead atoms. The fraction of sp³-hybridized carbons (Fsp3) is 0.261. The van der Waals surface area contributed by atoms with Crippen LogP contribution in [0.4, 0.5) is 5.69 Å². The smallest absolute Gasteiger partial charge is 0.374 e. The molecule has 2 aromatic carbocycles. The number of anilines is 1. The second kappa shape index (κ2) is 9.73. The van der Waals surface area contributed by atoms with E-state index in [1.54, 1.807) is 42.5 Å². The molecule has 7 nitrogen and oxygen atoms in total. The SMILES string of the molecule is CCCCCOc1ccc(C(=O)Nc2cccc3c(=O)cc(C(=O)OC)oc23)cc1. The fourth-order valence-corrected chi connectivity index (χ4v) is 2.92. The van der Waals surface area contributed by atoms with Crippen molar-refractivity contribution in [2.24, 2.45) is 0 Å². The molecule has 0 saturated heterocycles. The third kappa shape index (κ3) is 4.86. The van der Waals surface area contributed by atoms with E-state index in [-0.39, 0.29) is 28.3 Å². The summed E-state index contributed by atoms with van der Waals surface area (Å²) < 4.78 is 15.8. The van der Waals surface area contributed by atoms with Crippen LogP contribution in [-0.4, -0.2) is 25.6 Å². The first-order valence-corrected chi connectivity index (χ1v) is 9.73. The van der Waals surface area contributed by atoms with Crippen molar-refractivity contribution >= 4 is 28.5 Å². The number of unbranched alkanes of at least 4 members (excludes halogenated alkanes) is 2. The van der Waals surface area contributed by atoms with Gasteiger partial charge in [-0.1, -0.05) is 25.8 Å². The predicted octanol–water partition coefficient (Wildman–Crippen LogP) is 4.40. The molecule has 1 aromatic heterocycles. The first-order chi connectivity index (χ1) is 14.5. The lowest BCUT2D eigenvalue weighted by molar-refractivity contribution is 0.0565. The minimum absolute atomic E-state index is 0.106. The summed E-state index contributed by atoms with van der Waals surface area (Å²) in [5.74, 6) is -0.696. The van der Waals surface area contributed by atoms with Crippen LogP contribution in [0.25, 0.3) is 11.0 Å². The molecule has 0 atom stereocenters. The normalized spacial score (nSPS) is 10.6. The highest BCUT2D eigenvalue weighted by molar-refractivity contribution is 6.08. The summed E-state index contributed by atoms with van der Waals surface area (Å²) in [6.07, 6.45) is 3.22. The summed E-state index contributed by atoms with van der Waals surface area (Å²) in [5, 5.41) is 2.97. The van der Waals surface area contributed by atoms with Gasteiger partial charge in [-0.15, -0.1) is 0 Å². The molecular formula is C23H23NO6. The van der Waals surface area contributed by atoms with Gasteiger partial charge in [-0.05, 0) is 42.8 Å². The second-order valence-electron chi connectivity index (χ2n) is 6.68. The Balaban J connectivity index is 1.80. The van der Waals surface area contributed by atoms with E-state index in [0.29, 0.717) is 17.9 Å². The lowest BCUT2D eigenvalue weighted by Crippen LogP contribution is -2.14. The molecule has 0 unspecified atom stereocenters. The maximum absolute atomic E-state index is 12.7. The zero-order chi connectivity index (χ0) is 21.5. The predicted molar refractivity (Wildman–Crippen MR) is 113 cm³/mol. The van der Waals surface area contributed by atoms with Gasteiger partial charge >= 0.3 is 5.97 Å². The number of rotatable bonds is 8. The summed E-state index contributed by atoms with van der Waals surface area (Å²) in [6.45, 7) is 2.77. The number of fused-ring (bicyclic) bond motifs is 1. The molecule has 0 radical (unpaired) electrons. The van der Waals surface area contributed by atoms with E-state index >= 15 is 0 Å². The van der Waals surface area contributed by atoms with Crippen molar-refractivity contribution in [3.63, 3.8) is 0 Å². The Labute approximate surface area is 173 Å². The Kier molecular flexibility index (Phi) is 6.85. The molecule has 0 saturated carbocycles. The molecule has 1 heterocycles. The maximum Gasteiger partial charge on any atom is 0.374 e. The highest BCUT2D eigenvalue weighted by Gasteiger charge is 2.16. The lowest BCUT2D eigenvalue weighted by Gasteiger charge is -2.10. The van der Waals surface area contributed by atoms with Crippen molar-refractivity contribution in [3.8, 4) is 5.75 Å². The largest absolute Gasteiger partial charge is 0.494 e. The summed E-state index contributed by atoms with van der Waals surface area (Å²) in [7, 11) is 1.19. The molecule has 0 aliphatic rings. The minimum atomic E-state index is -0.773. The molecule has 0 fully saturated rings. The summed E-state index contributed by atoms with van der Waals surface area (Å²) in [4.78, 5) is 36.7. The lowest BCUT2D eigenvalue weighted by atomic mass is 10.1. The van der Waals surface area contributed by atoms with Crippen molar-refractivity contribution in [2.75, 3.05) is 19.0 Å². The Hall–Kier alpha value is -3.61. The second-order valence-corrected chi connectivity index (χ2v) is 6.68. The zero-order valence-corrected chi connectivity index (χ0v) is 16.9. The number of hydrogen-bond acceptors (Lipinski definition) is 6. The summed E-state index contributed by atoms with van der Waals surface area (Å²) in [5.41, 5.74) is 0.395. The van der Waals surface area contributed by atoms with Crippen LogP contribution in [0.3, 0.4) is 0 Å². The summed E-state index contributed by atoms with van der Waals surface area (Å²) >= 11 is 0. The zero-order valence-electron chi connectivity index (χ0n) is 16.9. The number of hydrogen-bond donors (Lipinski definition) is 1. The van der Waals surface area contributed by atoms with Gasteiger partial charge in [0.1, 0.15) is 5.75 Å². The van der Waals surface area contributed by atoms with Crippen molar-refractivity contribution in [2.45, 2.75) is 26.2 Å². The molecule has 3 rings (SSSR count). The van der Waals surface area contributed by atoms with E-state index in [1.807, 2.05) is 0 Å². The van der Waals surface area contributed by atoms with Crippen molar-refractivity contribution in [1.82, 2.24) is 0 Å². The number of para-hydroxylation sites is 1. The van der Waals surface area contributed by atoms with Gasteiger partial charge in [0.25, 0.3) is 5.91 Å². The number of ether oxygens (including phenoxy) is 2. The third-order valence-electron chi connectivity index (χ3n) is 4.52. The first-order valence-electron chi connectivity index (χ1n) is 9.73. The van der Waals surface area contributed by atoms with Gasteiger partial charge in [-0.3, -0.25) is 9.59 Å². The van der Waals surface area contributed by atoms with Gasteiger partial charge in [-0.2, -0.15) is 0 Å². The van der Waals surface area contributed by atoms with E-state index in [1.165, 1.54) is 7.11 Å². The van der Waals surface area contributed by atoms with Gasteiger partial charge in [0, 0.05) is 11.6 Å². The molecule has 1 amide bonds. The van der Waals surface area contributed by atoms with Crippen molar-refractivity contribution in [1.29, 1.82) is 0 Å². The Bertz CT molecular complexity index is 1100. The standard InChI is InChI=1S/C23H23NO6/c1-3-4-5-13-29-16-11-9-15(10-12-16)22(26)24-18-8-6-7-17-19(25)14-20(23(27)28-2)30-21(17)18/h6-12,14H,3-5,13H2,1-2H3,(H,24,26).